The highest BCUT2D eigenvalue weighted by molar-refractivity contribution is 7.58. The average molecular weight is 265 g/mol. The molecule has 0 fully saturated rings. The Balaban J connectivity index is 3.04. The molecule has 0 heterocycles. The summed E-state index contributed by atoms with van der Waals surface area (Å²) in [5.41, 5.74) is 8.24. The van der Waals surface area contributed by atoms with Gasteiger partial charge in [-0.1, -0.05) is 5.11 Å². The van der Waals surface area contributed by atoms with Crippen LogP contribution in [-0.4, -0.2) is 28.5 Å². The van der Waals surface area contributed by atoms with Gasteiger partial charge in [-0.3, -0.25) is 4.57 Å². The monoisotopic (exact) mass is 265 g/mol. The molecule has 0 aromatic heterocycles. The molecule has 0 bridgehead atoms. The van der Waals surface area contributed by atoms with E-state index in [1.54, 1.807) is 0 Å². The van der Waals surface area contributed by atoms with Crippen molar-refractivity contribution in [1.29, 1.82) is 0 Å². The molecule has 0 spiro atoms. The van der Waals surface area contributed by atoms with Gasteiger partial charge in [-0.25, -0.2) is 21.0 Å². The lowest BCUT2D eigenvalue weighted by Gasteiger charge is -2.29. The third-order valence-electron chi connectivity index (χ3n) is 2.34. The predicted octanol–water partition coefficient (Wildman–Crippen LogP) is -0.352. The van der Waals surface area contributed by atoms with E-state index in [1.807, 2.05) is 0 Å². The second kappa shape index (κ2) is 5.58. The number of nitrogens with two attached hydrogens (primary N) is 2. The Morgan fingerprint density at radius 3 is 2.53 bits per heavy atom. The molecule has 6 N–H and O–H groups in total. The van der Waals surface area contributed by atoms with E-state index in [1.165, 1.54) is 0 Å². The zero-order valence-corrected chi connectivity index (χ0v) is 9.47. The van der Waals surface area contributed by atoms with Crippen molar-refractivity contribution in [3.63, 3.8) is 0 Å². The summed E-state index contributed by atoms with van der Waals surface area (Å²) in [7, 11) is -3.91. The SMILES string of the molecule is [N-]=[N+]=N[C@H]1[C@H](O)CC(P(=O)(ON)ON)=C[C@@H]1O. The lowest BCUT2D eigenvalue weighted by molar-refractivity contribution is 0.0691. The van der Waals surface area contributed by atoms with Gasteiger partial charge in [0, 0.05) is 16.6 Å². The zero-order chi connectivity index (χ0) is 13.1. The number of hydrogen-bond acceptors (Lipinski definition) is 8. The van der Waals surface area contributed by atoms with Crippen LogP contribution in [0.3, 0.4) is 0 Å². The van der Waals surface area contributed by atoms with Gasteiger partial charge in [-0.2, -0.15) is 0 Å². The van der Waals surface area contributed by atoms with Crippen LogP contribution in [0.1, 0.15) is 6.42 Å². The maximum Gasteiger partial charge on any atom is 0.389 e. The topological polar surface area (TPSA) is 177 Å². The first-order valence-corrected chi connectivity index (χ1v) is 6.01. The quantitative estimate of drug-likeness (QED) is 0.176. The number of aliphatic hydroxyl groups is 2. The highest BCUT2D eigenvalue weighted by Gasteiger charge is 2.39. The maximum atomic E-state index is 11.8. The van der Waals surface area contributed by atoms with Crippen LogP contribution in [0, 0.1) is 0 Å². The summed E-state index contributed by atoms with van der Waals surface area (Å²) in [6.07, 6.45) is -1.69. The van der Waals surface area contributed by atoms with Gasteiger partial charge in [0.25, 0.3) is 0 Å². The van der Waals surface area contributed by atoms with Crippen molar-refractivity contribution in [3.05, 3.63) is 21.8 Å². The fourth-order valence-electron chi connectivity index (χ4n) is 1.49. The number of azide groups is 1. The summed E-state index contributed by atoms with van der Waals surface area (Å²) >= 11 is 0. The Bertz CT molecular complexity index is 400. The molecule has 1 rings (SSSR count). The number of rotatable bonds is 4. The summed E-state index contributed by atoms with van der Waals surface area (Å²) in [6.45, 7) is 0. The second-order valence-electron chi connectivity index (χ2n) is 3.32. The smallest absolute Gasteiger partial charge is 0.389 e. The molecule has 0 aliphatic heterocycles. The molecule has 0 radical (unpaired) electrons. The molecular weight excluding hydrogens is 253 g/mol. The van der Waals surface area contributed by atoms with E-state index < -0.39 is 25.8 Å². The Morgan fingerprint density at radius 2 is 2.12 bits per heavy atom. The summed E-state index contributed by atoms with van der Waals surface area (Å²) in [6, 6.07) is -1.08. The lowest BCUT2D eigenvalue weighted by Crippen LogP contribution is -2.38. The Morgan fingerprint density at radius 1 is 1.53 bits per heavy atom. The van der Waals surface area contributed by atoms with Crippen LogP contribution in [0.4, 0.5) is 0 Å². The van der Waals surface area contributed by atoms with Crippen molar-refractivity contribution in [1.82, 2.24) is 0 Å². The highest BCUT2D eigenvalue weighted by atomic mass is 31.2. The van der Waals surface area contributed by atoms with Crippen LogP contribution in [0.15, 0.2) is 16.5 Å². The predicted molar refractivity (Wildman–Crippen MR) is 55.8 cm³/mol. The third kappa shape index (κ3) is 2.83. The van der Waals surface area contributed by atoms with Crippen molar-refractivity contribution >= 4 is 7.60 Å². The normalized spacial score (nSPS) is 29.4. The molecule has 0 amide bonds. The van der Waals surface area contributed by atoms with Crippen molar-refractivity contribution in [2.45, 2.75) is 24.7 Å². The zero-order valence-electron chi connectivity index (χ0n) is 8.58. The molecule has 0 saturated heterocycles. The van der Waals surface area contributed by atoms with Crippen LogP contribution in [0.2, 0.25) is 0 Å². The molecule has 11 heteroatoms. The van der Waals surface area contributed by atoms with E-state index in [2.05, 4.69) is 19.3 Å². The minimum Gasteiger partial charge on any atom is -0.392 e. The highest BCUT2D eigenvalue weighted by Crippen LogP contribution is 2.56. The van der Waals surface area contributed by atoms with Gasteiger partial charge in [0.2, 0.25) is 0 Å². The second-order valence-corrected chi connectivity index (χ2v) is 5.31. The van der Waals surface area contributed by atoms with E-state index in [4.69, 9.17) is 17.3 Å². The minimum absolute atomic E-state index is 0.0770. The number of nitrogens with zero attached hydrogens (tertiary/aromatic N) is 3. The Hall–Kier alpha value is -0.960. The molecule has 10 nitrogen and oxygen atoms in total. The van der Waals surface area contributed by atoms with Crippen molar-refractivity contribution in [2.75, 3.05) is 0 Å². The number of aliphatic hydroxyl groups excluding tert-OH is 2. The van der Waals surface area contributed by atoms with E-state index in [9.17, 15) is 14.8 Å². The molecular formula is C6H12N5O5P. The standard InChI is InChI=1S/C6H12N5O5P/c7-11-10-6-4(12)1-3(2-5(6)13)17(14,15-8)16-9/h1,4-6,12-13H,2,8-9H2/t4-,5+,6+/m0/s1. The Kier molecular flexibility index (Phi) is 4.63. The van der Waals surface area contributed by atoms with Crippen LogP contribution in [-0.2, 0) is 13.8 Å². The first kappa shape index (κ1) is 14.1. The van der Waals surface area contributed by atoms with Crippen LogP contribution >= 0.6 is 7.60 Å². The van der Waals surface area contributed by atoms with E-state index in [0.717, 1.165) is 6.08 Å². The molecule has 1 aliphatic rings. The molecule has 0 unspecified atom stereocenters. The Labute approximate surface area is 95.9 Å². The molecule has 96 valence electrons. The summed E-state index contributed by atoms with van der Waals surface area (Å²) in [5.74, 6) is 9.56. The maximum absolute atomic E-state index is 11.8. The van der Waals surface area contributed by atoms with Gasteiger partial charge >= 0.3 is 7.60 Å². The van der Waals surface area contributed by atoms with Crippen LogP contribution < -0.4 is 11.8 Å². The van der Waals surface area contributed by atoms with E-state index in [0.29, 0.717) is 0 Å². The fraction of sp³-hybridized carbons (Fsp3) is 0.667. The minimum atomic E-state index is -3.91. The van der Waals surface area contributed by atoms with Gasteiger partial charge in [0.1, 0.15) is 0 Å². The van der Waals surface area contributed by atoms with E-state index in [-0.39, 0.29) is 11.7 Å². The van der Waals surface area contributed by atoms with Gasteiger partial charge < -0.3 is 10.2 Å². The summed E-state index contributed by atoms with van der Waals surface area (Å²) < 4.78 is 20.0. The van der Waals surface area contributed by atoms with Crippen molar-refractivity contribution in [3.8, 4) is 0 Å². The fourth-order valence-corrected chi connectivity index (χ4v) is 2.56. The lowest BCUT2D eigenvalue weighted by atomic mass is 9.97. The molecule has 17 heavy (non-hydrogen) atoms. The van der Waals surface area contributed by atoms with E-state index >= 15 is 0 Å². The van der Waals surface area contributed by atoms with Gasteiger partial charge in [0.05, 0.1) is 18.2 Å². The molecule has 0 saturated carbocycles. The average Bonchev–Trinajstić information content (AvgIpc) is 2.32. The van der Waals surface area contributed by atoms with Crippen molar-refractivity contribution in [2.24, 2.45) is 16.9 Å². The molecule has 0 aromatic rings. The molecule has 1 aliphatic carbocycles. The van der Waals surface area contributed by atoms with Gasteiger partial charge in [-0.05, 0) is 11.6 Å². The summed E-state index contributed by atoms with van der Waals surface area (Å²) in [5, 5.41) is 22.3. The van der Waals surface area contributed by atoms with Gasteiger partial charge in [0.15, 0.2) is 0 Å². The number of hydrogen-bond donors (Lipinski definition) is 4. The van der Waals surface area contributed by atoms with Crippen LogP contribution in [0.5, 0.6) is 0 Å². The molecule has 0 aromatic carbocycles. The van der Waals surface area contributed by atoms with Gasteiger partial charge in [-0.15, -0.1) is 0 Å². The third-order valence-corrected chi connectivity index (χ3v) is 3.93. The first-order valence-electron chi connectivity index (χ1n) is 4.47. The largest absolute Gasteiger partial charge is 0.392 e. The van der Waals surface area contributed by atoms with Crippen LogP contribution in [0.25, 0.3) is 10.4 Å². The van der Waals surface area contributed by atoms with Crippen molar-refractivity contribution < 1.29 is 24.0 Å². The summed E-state index contributed by atoms with van der Waals surface area (Å²) in [4.78, 5) is 2.48. The molecule has 3 atom stereocenters. The first-order chi connectivity index (χ1) is 7.98.